The lowest BCUT2D eigenvalue weighted by Gasteiger charge is -2.16. The Morgan fingerprint density at radius 2 is 0.875 bits per heavy atom. The van der Waals surface area contributed by atoms with Gasteiger partial charge in [-0.1, -0.05) is 97.1 Å². The van der Waals surface area contributed by atoms with Gasteiger partial charge in [0.05, 0.1) is 35.2 Å². The summed E-state index contributed by atoms with van der Waals surface area (Å²) in [5, 5.41) is 4.58. The molecule has 0 bridgehead atoms. The van der Waals surface area contributed by atoms with Crippen molar-refractivity contribution < 1.29 is 0 Å². The molecule has 0 N–H and O–H groups in total. The second-order valence-electron chi connectivity index (χ2n) is 11.9. The molecule has 2 aromatic heterocycles. The molecule has 48 heavy (non-hydrogen) atoms. The van der Waals surface area contributed by atoms with Gasteiger partial charge in [-0.25, -0.2) is 9.69 Å². The summed E-state index contributed by atoms with van der Waals surface area (Å²) in [6, 6.07) is 54.4. The van der Waals surface area contributed by atoms with Gasteiger partial charge in [-0.15, -0.1) is 0 Å². The number of hydrogen-bond acceptors (Lipinski definition) is 0. The largest absolute Gasteiger partial charge is 0.309 e. The van der Waals surface area contributed by atoms with Crippen molar-refractivity contribution in [1.29, 1.82) is 0 Å². The number of aromatic nitrogens is 2. The van der Waals surface area contributed by atoms with Crippen LogP contribution in [0, 0.1) is 13.1 Å². The van der Waals surface area contributed by atoms with Crippen LogP contribution in [-0.4, -0.2) is 9.13 Å². The molecule has 0 aliphatic heterocycles. The molecule has 0 spiro atoms. The minimum atomic E-state index is 0.466. The summed E-state index contributed by atoms with van der Waals surface area (Å²) in [7, 11) is 0. The third-order valence-electron chi connectivity index (χ3n) is 9.35. The van der Waals surface area contributed by atoms with Crippen LogP contribution in [-0.2, 0) is 0 Å². The molecular formula is C44H26N4. The maximum absolute atomic E-state index is 8.11. The van der Waals surface area contributed by atoms with Crippen molar-refractivity contribution in [1.82, 2.24) is 9.13 Å². The highest BCUT2D eigenvalue weighted by molar-refractivity contribution is 6.15. The summed E-state index contributed by atoms with van der Waals surface area (Å²) in [5.41, 5.74) is 11.0. The number of hydrogen-bond donors (Lipinski definition) is 0. The van der Waals surface area contributed by atoms with Gasteiger partial charge in [0.15, 0.2) is 11.4 Å². The number of para-hydroxylation sites is 4. The van der Waals surface area contributed by atoms with E-state index in [2.05, 4.69) is 146 Å². The monoisotopic (exact) mass is 610 g/mol. The van der Waals surface area contributed by atoms with Gasteiger partial charge in [-0.2, -0.15) is 0 Å². The molecule has 0 aliphatic carbocycles. The van der Waals surface area contributed by atoms with E-state index in [1.807, 2.05) is 24.3 Å². The predicted molar refractivity (Wildman–Crippen MR) is 199 cm³/mol. The van der Waals surface area contributed by atoms with Gasteiger partial charge in [-0.3, -0.25) is 0 Å². The van der Waals surface area contributed by atoms with Crippen LogP contribution in [0.3, 0.4) is 0 Å². The van der Waals surface area contributed by atoms with E-state index in [0.29, 0.717) is 16.9 Å². The van der Waals surface area contributed by atoms with Crippen LogP contribution in [0.4, 0.5) is 11.4 Å². The molecule has 9 rings (SSSR count). The summed E-state index contributed by atoms with van der Waals surface area (Å²) in [4.78, 5) is 7.84. The van der Waals surface area contributed by atoms with Crippen LogP contribution in [0.15, 0.2) is 158 Å². The van der Waals surface area contributed by atoms with Crippen LogP contribution in [0.2, 0.25) is 0 Å². The topological polar surface area (TPSA) is 18.6 Å². The van der Waals surface area contributed by atoms with Crippen LogP contribution in [0.25, 0.3) is 86.9 Å². The fraction of sp³-hybridized carbons (Fsp3) is 0. The lowest BCUT2D eigenvalue weighted by Crippen LogP contribution is -1.95. The quantitative estimate of drug-likeness (QED) is 0.177. The highest BCUT2D eigenvalue weighted by Crippen LogP contribution is 2.47. The highest BCUT2D eigenvalue weighted by Gasteiger charge is 2.22. The zero-order valence-corrected chi connectivity index (χ0v) is 25.8. The van der Waals surface area contributed by atoms with Gasteiger partial charge >= 0.3 is 0 Å². The molecule has 2 heterocycles. The van der Waals surface area contributed by atoms with E-state index in [9.17, 15) is 0 Å². The molecule has 0 saturated carbocycles. The average molecular weight is 611 g/mol. The highest BCUT2D eigenvalue weighted by atomic mass is 15.0. The molecule has 4 nitrogen and oxygen atoms in total. The zero-order chi connectivity index (χ0) is 32.2. The number of rotatable bonds is 4. The SMILES string of the molecule is [C-]#[N+]c1cccc([N+]#[C-])c1-c1cc2c(cc1-c1ccc3c(c1)c1ccccc1n3-c1ccccc1)c1ccccc1n2-c1ccccc1. The Hall–Kier alpha value is -6.88. The Morgan fingerprint density at radius 1 is 0.375 bits per heavy atom. The Bertz CT molecular complexity index is 2760. The van der Waals surface area contributed by atoms with E-state index in [0.717, 1.165) is 66.3 Å². The third kappa shape index (κ3) is 4.07. The van der Waals surface area contributed by atoms with Gasteiger partial charge in [-0.05, 0) is 82.9 Å². The van der Waals surface area contributed by atoms with E-state index >= 15 is 0 Å². The van der Waals surface area contributed by atoms with Crippen molar-refractivity contribution in [2.24, 2.45) is 0 Å². The van der Waals surface area contributed by atoms with Gasteiger partial charge in [0.25, 0.3) is 0 Å². The summed E-state index contributed by atoms with van der Waals surface area (Å²) >= 11 is 0. The molecule has 0 atom stereocenters. The van der Waals surface area contributed by atoms with Crippen LogP contribution in [0.5, 0.6) is 0 Å². The van der Waals surface area contributed by atoms with Crippen molar-refractivity contribution in [2.75, 3.05) is 0 Å². The molecule has 0 unspecified atom stereocenters. The normalized spacial score (nSPS) is 11.3. The van der Waals surface area contributed by atoms with Gasteiger partial charge in [0, 0.05) is 32.9 Å². The van der Waals surface area contributed by atoms with Crippen LogP contribution in [0.1, 0.15) is 0 Å². The molecule has 0 radical (unpaired) electrons. The number of benzene rings is 7. The smallest absolute Gasteiger partial charge is 0.184 e. The Balaban J connectivity index is 1.41. The van der Waals surface area contributed by atoms with Crippen molar-refractivity contribution >= 4 is 55.0 Å². The Labute approximate surface area is 277 Å². The fourth-order valence-corrected chi connectivity index (χ4v) is 7.30. The minimum absolute atomic E-state index is 0.466. The van der Waals surface area contributed by atoms with E-state index in [1.54, 1.807) is 6.07 Å². The number of fused-ring (bicyclic) bond motifs is 6. The summed E-state index contributed by atoms with van der Waals surface area (Å²) in [5.74, 6) is 0. The van der Waals surface area contributed by atoms with Gasteiger partial charge in [0.1, 0.15) is 0 Å². The Morgan fingerprint density at radius 3 is 1.46 bits per heavy atom. The third-order valence-corrected chi connectivity index (χ3v) is 9.35. The standard InChI is InChI=1S/C44H26N4/c1-45-38-20-13-21-39(46-2)44(38)37-28-43-36(33-19-10-12-23-41(33)48(43)31-16-7-4-8-17-31)27-34(37)29-24-25-42-35(26-29)32-18-9-11-22-40(32)47(42)30-14-5-3-6-15-30/h3-28H. The van der Waals surface area contributed by atoms with Crippen molar-refractivity contribution in [2.45, 2.75) is 0 Å². The van der Waals surface area contributed by atoms with E-state index in [-0.39, 0.29) is 0 Å². The first-order valence-corrected chi connectivity index (χ1v) is 15.8. The second-order valence-corrected chi connectivity index (χ2v) is 11.9. The van der Waals surface area contributed by atoms with Crippen LogP contribution < -0.4 is 0 Å². The molecule has 0 amide bonds. The summed E-state index contributed by atoms with van der Waals surface area (Å²) in [6.45, 7) is 16.2. The summed E-state index contributed by atoms with van der Waals surface area (Å²) < 4.78 is 4.60. The second kappa shape index (κ2) is 10.9. The Kier molecular flexibility index (Phi) is 6.22. The molecular weight excluding hydrogens is 585 g/mol. The molecule has 7 aromatic carbocycles. The maximum atomic E-state index is 8.11. The fourth-order valence-electron chi connectivity index (χ4n) is 7.30. The number of nitrogens with zero attached hydrogens (tertiary/aromatic N) is 4. The first kappa shape index (κ1) is 27.4. The predicted octanol–water partition coefficient (Wildman–Crippen LogP) is 12.3. The lowest BCUT2D eigenvalue weighted by atomic mass is 9.90. The molecule has 9 aromatic rings. The van der Waals surface area contributed by atoms with E-state index < -0.39 is 0 Å². The molecule has 0 saturated heterocycles. The van der Waals surface area contributed by atoms with Crippen molar-refractivity contribution in [3.8, 4) is 33.6 Å². The average Bonchev–Trinajstić information content (AvgIpc) is 3.66. The maximum Gasteiger partial charge on any atom is 0.184 e. The van der Waals surface area contributed by atoms with Crippen LogP contribution >= 0.6 is 0 Å². The first-order valence-electron chi connectivity index (χ1n) is 15.8. The molecule has 0 fully saturated rings. The molecule has 0 aliphatic rings. The molecule has 222 valence electrons. The van der Waals surface area contributed by atoms with Crippen molar-refractivity contribution in [3.63, 3.8) is 0 Å². The minimum Gasteiger partial charge on any atom is -0.309 e. The van der Waals surface area contributed by atoms with Gasteiger partial charge < -0.3 is 9.13 Å². The van der Waals surface area contributed by atoms with E-state index in [4.69, 9.17) is 13.1 Å². The summed E-state index contributed by atoms with van der Waals surface area (Å²) in [6.07, 6.45) is 0. The van der Waals surface area contributed by atoms with E-state index in [1.165, 1.54) is 5.39 Å². The van der Waals surface area contributed by atoms with Crippen molar-refractivity contribution in [3.05, 3.63) is 181 Å². The first-order chi connectivity index (χ1) is 23.7. The lowest BCUT2D eigenvalue weighted by molar-refractivity contribution is 1.18. The van der Waals surface area contributed by atoms with Gasteiger partial charge in [0.2, 0.25) is 0 Å². The zero-order valence-electron chi connectivity index (χ0n) is 25.8. The molecule has 4 heteroatoms.